The standard InChI is InChI=1S/C22H19N7O2/c1-15(30)31-10-9-28-14-18(12-24-28)20-6-7-21-22(25-20)29(27-26-21)13-16-4-5-19-17(11-16)3-2-8-23-19/h2-8,11-12,14H,9-10,13H2,1H3. The van der Waals surface area contributed by atoms with Crippen molar-refractivity contribution in [3.05, 3.63) is 66.6 Å². The number of carbonyl (C=O) groups excluding carboxylic acids is 1. The van der Waals surface area contributed by atoms with Crippen LogP contribution in [0.2, 0.25) is 0 Å². The van der Waals surface area contributed by atoms with Gasteiger partial charge in [0.15, 0.2) is 5.65 Å². The molecule has 1 aromatic carbocycles. The molecule has 0 atom stereocenters. The summed E-state index contributed by atoms with van der Waals surface area (Å²) in [5, 5.41) is 13.9. The lowest BCUT2D eigenvalue weighted by molar-refractivity contribution is -0.141. The molecule has 4 aromatic heterocycles. The van der Waals surface area contributed by atoms with Crippen molar-refractivity contribution in [3.63, 3.8) is 0 Å². The lowest BCUT2D eigenvalue weighted by atomic mass is 10.1. The number of hydrogen-bond donors (Lipinski definition) is 0. The highest BCUT2D eigenvalue weighted by atomic mass is 16.5. The van der Waals surface area contributed by atoms with Crippen LogP contribution >= 0.6 is 0 Å². The first kappa shape index (κ1) is 18.9. The fraction of sp³-hybridized carbons (Fsp3) is 0.182. The highest BCUT2D eigenvalue weighted by Crippen LogP contribution is 2.21. The molecule has 0 aliphatic carbocycles. The number of fused-ring (bicyclic) bond motifs is 2. The van der Waals surface area contributed by atoms with Crippen molar-refractivity contribution in [2.24, 2.45) is 0 Å². The number of rotatable bonds is 6. The molecule has 0 spiro atoms. The quantitative estimate of drug-likeness (QED) is 0.395. The average molecular weight is 413 g/mol. The third-order valence-corrected chi connectivity index (χ3v) is 4.91. The van der Waals surface area contributed by atoms with Crippen molar-refractivity contribution in [2.75, 3.05) is 6.61 Å². The zero-order chi connectivity index (χ0) is 21.2. The molecule has 0 aliphatic heterocycles. The number of ether oxygens (including phenoxy) is 1. The molecule has 31 heavy (non-hydrogen) atoms. The largest absolute Gasteiger partial charge is 0.464 e. The van der Waals surface area contributed by atoms with Crippen molar-refractivity contribution in [2.45, 2.75) is 20.0 Å². The maximum absolute atomic E-state index is 10.9. The second-order valence-electron chi connectivity index (χ2n) is 7.15. The Bertz CT molecular complexity index is 1390. The number of pyridine rings is 2. The highest BCUT2D eigenvalue weighted by Gasteiger charge is 2.11. The minimum atomic E-state index is -0.303. The van der Waals surface area contributed by atoms with Gasteiger partial charge in [-0.1, -0.05) is 17.3 Å². The first-order valence-corrected chi connectivity index (χ1v) is 9.86. The van der Waals surface area contributed by atoms with Gasteiger partial charge >= 0.3 is 5.97 Å². The lowest BCUT2D eigenvalue weighted by Crippen LogP contribution is -2.08. The third kappa shape index (κ3) is 3.97. The van der Waals surface area contributed by atoms with Crippen molar-refractivity contribution < 1.29 is 9.53 Å². The van der Waals surface area contributed by atoms with E-state index in [0.29, 0.717) is 18.7 Å². The topological polar surface area (TPSA) is 101 Å². The molecule has 4 heterocycles. The maximum Gasteiger partial charge on any atom is 0.302 e. The molecule has 154 valence electrons. The third-order valence-electron chi connectivity index (χ3n) is 4.91. The molecule has 0 radical (unpaired) electrons. The lowest BCUT2D eigenvalue weighted by Gasteiger charge is -2.05. The molecule has 0 saturated carbocycles. The number of carbonyl (C=O) groups is 1. The highest BCUT2D eigenvalue weighted by molar-refractivity contribution is 5.79. The zero-order valence-corrected chi connectivity index (χ0v) is 16.8. The van der Waals surface area contributed by atoms with Crippen LogP contribution in [0.3, 0.4) is 0 Å². The minimum Gasteiger partial charge on any atom is -0.464 e. The molecule has 5 rings (SSSR count). The van der Waals surface area contributed by atoms with E-state index in [1.54, 1.807) is 21.8 Å². The second-order valence-corrected chi connectivity index (χ2v) is 7.15. The summed E-state index contributed by atoms with van der Waals surface area (Å²) >= 11 is 0. The zero-order valence-electron chi connectivity index (χ0n) is 16.8. The summed E-state index contributed by atoms with van der Waals surface area (Å²) < 4.78 is 8.49. The van der Waals surface area contributed by atoms with E-state index >= 15 is 0 Å². The van der Waals surface area contributed by atoms with Crippen LogP contribution in [0.15, 0.2) is 61.1 Å². The Morgan fingerprint density at radius 2 is 2.03 bits per heavy atom. The molecule has 0 N–H and O–H groups in total. The van der Waals surface area contributed by atoms with Crippen LogP contribution in [-0.2, 0) is 22.6 Å². The smallest absolute Gasteiger partial charge is 0.302 e. The van der Waals surface area contributed by atoms with Gasteiger partial charge in [0.1, 0.15) is 12.1 Å². The molecule has 0 aliphatic rings. The van der Waals surface area contributed by atoms with E-state index < -0.39 is 0 Å². The van der Waals surface area contributed by atoms with E-state index in [0.717, 1.165) is 33.2 Å². The van der Waals surface area contributed by atoms with Crippen LogP contribution in [0.4, 0.5) is 0 Å². The molecule has 9 heteroatoms. The molecule has 0 unspecified atom stereocenters. The summed E-state index contributed by atoms with van der Waals surface area (Å²) in [5.74, 6) is -0.303. The number of benzene rings is 1. The predicted octanol–water partition coefficient (Wildman–Crippen LogP) is 2.85. The van der Waals surface area contributed by atoms with Crippen molar-refractivity contribution in [1.29, 1.82) is 0 Å². The van der Waals surface area contributed by atoms with Crippen LogP contribution in [0.25, 0.3) is 33.3 Å². The number of aromatic nitrogens is 7. The predicted molar refractivity (Wildman–Crippen MR) is 114 cm³/mol. The monoisotopic (exact) mass is 413 g/mol. The summed E-state index contributed by atoms with van der Waals surface area (Å²) in [6.45, 7) is 2.71. The average Bonchev–Trinajstić information content (AvgIpc) is 3.40. The normalized spacial score (nSPS) is 11.3. The summed E-state index contributed by atoms with van der Waals surface area (Å²) in [6, 6.07) is 13.9. The summed E-state index contributed by atoms with van der Waals surface area (Å²) in [6.07, 6.45) is 5.41. The Morgan fingerprint density at radius 3 is 2.94 bits per heavy atom. The van der Waals surface area contributed by atoms with Gasteiger partial charge in [0, 0.05) is 30.3 Å². The molecule has 9 nitrogen and oxygen atoms in total. The first-order chi connectivity index (χ1) is 15.2. The van der Waals surface area contributed by atoms with Gasteiger partial charge in [-0.3, -0.25) is 14.5 Å². The Kier molecular flexibility index (Phi) is 4.83. The minimum absolute atomic E-state index is 0.279. The van der Waals surface area contributed by atoms with Crippen molar-refractivity contribution in [3.8, 4) is 11.3 Å². The van der Waals surface area contributed by atoms with Gasteiger partial charge in [-0.05, 0) is 35.9 Å². The summed E-state index contributed by atoms with van der Waals surface area (Å²) in [4.78, 5) is 20.0. The molecular formula is C22H19N7O2. The summed E-state index contributed by atoms with van der Waals surface area (Å²) in [7, 11) is 0. The molecule has 0 amide bonds. The van der Waals surface area contributed by atoms with Crippen LogP contribution < -0.4 is 0 Å². The van der Waals surface area contributed by atoms with E-state index in [9.17, 15) is 4.79 Å². The fourth-order valence-corrected chi connectivity index (χ4v) is 3.42. The van der Waals surface area contributed by atoms with Crippen LogP contribution in [0.5, 0.6) is 0 Å². The maximum atomic E-state index is 10.9. The van der Waals surface area contributed by atoms with Gasteiger partial charge in [-0.25, -0.2) is 9.67 Å². The van der Waals surface area contributed by atoms with Gasteiger partial charge < -0.3 is 4.74 Å². The van der Waals surface area contributed by atoms with E-state index in [-0.39, 0.29) is 12.6 Å². The fourth-order valence-electron chi connectivity index (χ4n) is 3.42. The Hall–Kier alpha value is -4.14. The SMILES string of the molecule is CC(=O)OCCn1cc(-c2ccc3nnn(Cc4ccc5ncccc5c4)c3n2)cn1. The Labute approximate surface area is 177 Å². The number of nitrogens with zero attached hydrogens (tertiary/aromatic N) is 7. The van der Waals surface area contributed by atoms with Crippen LogP contribution in [-0.4, -0.2) is 47.3 Å². The Balaban J connectivity index is 1.40. The van der Waals surface area contributed by atoms with E-state index in [4.69, 9.17) is 9.72 Å². The molecule has 0 fully saturated rings. The van der Waals surface area contributed by atoms with E-state index in [2.05, 4.69) is 26.5 Å². The van der Waals surface area contributed by atoms with E-state index in [1.807, 2.05) is 42.6 Å². The molecule has 5 aromatic rings. The van der Waals surface area contributed by atoms with Crippen LogP contribution in [0, 0.1) is 0 Å². The first-order valence-electron chi connectivity index (χ1n) is 9.86. The number of hydrogen-bond acceptors (Lipinski definition) is 7. The van der Waals surface area contributed by atoms with Gasteiger partial charge in [0.2, 0.25) is 0 Å². The molecule has 0 bridgehead atoms. The second kappa shape index (κ2) is 7.94. The summed E-state index contributed by atoms with van der Waals surface area (Å²) in [5.41, 5.74) is 5.13. The van der Waals surface area contributed by atoms with E-state index in [1.165, 1.54) is 6.92 Å². The molecular weight excluding hydrogens is 394 g/mol. The van der Waals surface area contributed by atoms with Gasteiger partial charge in [-0.15, -0.1) is 5.10 Å². The molecule has 0 saturated heterocycles. The van der Waals surface area contributed by atoms with Gasteiger partial charge in [-0.2, -0.15) is 5.10 Å². The van der Waals surface area contributed by atoms with Gasteiger partial charge in [0.25, 0.3) is 0 Å². The van der Waals surface area contributed by atoms with Crippen molar-refractivity contribution >= 4 is 28.0 Å². The van der Waals surface area contributed by atoms with Gasteiger partial charge in [0.05, 0.1) is 30.5 Å². The van der Waals surface area contributed by atoms with Crippen molar-refractivity contribution in [1.82, 2.24) is 34.7 Å². The number of esters is 1. The van der Waals surface area contributed by atoms with Crippen LogP contribution in [0.1, 0.15) is 12.5 Å². The Morgan fingerprint density at radius 1 is 1.13 bits per heavy atom.